The molecule has 0 unspecified atom stereocenters. The Morgan fingerprint density at radius 1 is 0.886 bits per heavy atom. The van der Waals surface area contributed by atoms with E-state index in [0.717, 1.165) is 54.5 Å². The van der Waals surface area contributed by atoms with Crippen molar-refractivity contribution in [3.05, 3.63) is 90.2 Å². The van der Waals surface area contributed by atoms with Crippen molar-refractivity contribution < 1.29 is 9.18 Å². The van der Waals surface area contributed by atoms with Crippen molar-refractivity contribution in [3.8, 4) is 0 Å². The summed E-state index contributed by atoms with van der Waals surface area (Å²) in [6.45, 7) is 5.34. The number of hydrogen-bond donors (Lipinski definition) is 1. The Kier molecular flexibility index (Phi) is 6.68. The number of benzene rings is 3. The number of carbonyl (C=O) groups is 1. The van der Waals surface area contributed by atoms with E-state index in [9.17, 15) is 9.18 Å². The number of carbonyl (C=O) groups excluding carboxylic acids is 1. The molecule has 2 aliphatic rings. The standard InChI is InChI=1S/C28H28FN5O/c1-20-27(21-7-3-2-4-8-21)28(31-25-10-6-5-9-24(25)30-20)32-26(35)19-33-15-17-34(18-16-33)23-13-11-22(29)12-14-23/h2-14,27H,15-19H2,1H3,(H,31,32,35)/t27-/m0/s1. The number of fused-ring (bicyclic) bond motifs is 1. The van der Waals surface area contributed by atoms with Gasteiger partial charge in [0.05, 0.1) is 23.8 Å². The van der Waals surface area contributed by atoms with E-state index in [-0.39, 0.29) is 24.2 Å². The molecular formula is C28H28FN5O. The highest BCUT2D eigenvalue weighted by Gasteiger charge is 2.27. The first-order valence-electron chi connectivity index (χ1n) is 11.9. The molecule has 2 aliphatic heterocycles. The van der Waals surface area contributed by atoms with Crippen LogP contribution in [0.1, 0.15) is 18.4 Å². The molecule has 6 nitrogen and oxygen atoms in total. The van der Waals surface area contributed by atoms with Gasteiger partial charge < -0.3 is 10.2 Å². The number of piperazine rings is 1. The monoisotopic (exact) mass is 469 g/mol. The van der Waals surface area contributed by atoms with Crippen LogP contribution in [0.5, 0.6) is 0 Å². The molecule has 0 aliphatic carbocycles. The number of amidine groups is 1. The van der Waals surface area contributed by atoms with Crippen molar-refractivity contribution in [2.24, 2.45) is 9.98 Å². The highest BCUT2D eigenvalue weighted by molar-refractivity contribution is 6.17. The molecule has 0 spiro atoms. The van der Waals surface area contributed by atoms with Crippen molar-refractivity contribution in [3.63, 3.8) is 0 Å². The number of anilines is 1. The van der Waals surface area contributed by atoms with E-state index in [1.54, 1.807) is 12.1 Å². The third-order valence-electron chi connectivity index (χ3n) is 6.44. The maximum Gasteiger partial charge on any atom is 0.239 e. The van der Waals surface area contributed by atoms with Crippen molar-refractivity contribution in [1.82, 2.24) is 10.2 Å². The quantitative estimate of drug-likeness (QED) is 0.603. The molecule has 1 amide bonds. The van der Waals surface area contributed by atoms with Crippen LogP contribution in [0.4, 0.5) is 21.5 Å². The number of para-hydroxylation sites is 2. The van der Waals surface area contributed by atoms with Crippen LogP contribution in [0.15, 0.2) is 88.8 Å². The summed E-state index contributed by atoms with van der Waals surface area (Å²) in [5, 5.41) is 3.11. The minimum Gasteiger partial charge on any atom is -0.369 e. The van der Waals surface area contributed by atoms with Gasteiger partial charge in [-0.3, -0.25) is 14.7 Å². The highest BCUT2D eigenvalue weighted by Crippen LogP contribution is 2.34. The maximum absolute atomic E-state index is 13.2. The van der Waals surface area contributed by atoms with E-state index in [4.69, 9.17) is 9.98 Å². The largest absolute Gasteiger partial charge is 0.369 e. The third-order valence-corrected chi connectivity index (χ3v) is 6.44. The molecule has 178 valence electrons. The van der Waals surface area contributed by atoms with E-state index in [2.05, 4.69) is 15.1 Å². The van der Waals surface area contributed by atoms with Gasteiger partial charge in [0, 0.05) is 37.6 Å². The maximum atomic E-state index is 13.2. The Morgan fingerprint density at radius 2 is 1.51 bits per heavy atom. The van der Waals surface area contributed by atoms with Gasteiger partial charge in [-0.05, 0) is 48.9 Å². The Bertz CT molecular complexity index is 1250. The molecule has 0 bridgehead atoms. The molecule has 2 heterocycles. The number of aliphatic imine (C=N–C) groups is 2. The second-order valence-electron chi connectivity index (χ2n) is 8.87. The van der Waals surface area contributed by atoms with Gasteiger partial charge in [0.1, 0.15) is 11.7 Å². The van der Waals surface area contributed by atoms with E-state index >= 15 is 0 Å². The van der Waals surface area contributed by atoms with Crippen LogP contribution in [0.25, 0.3) is 0 Å². The normalized spacial score (nSPS) is 18.2. The minimum absolute atomic E-state index is 0.0907. The molecule has 1 fully saturated rings. The SMILES string of the molecule is CC1=Nc2ccccc2N=C(NC(=O)CN2CCN(c3ccc(F)cc3)CC2)[C@@H]1c1ccccc1. The molecule has 0 aromatic heterocycles. The van der Waals surface area contributed by atoms with E-state index in [1.165, 1.54) is 12.1 Å². The van der Waals surface area contributed by atoms with Gasteiger partial charge in [0.2, 0.25) is 5.91 Å². The van der Waals surface area contributed by atoms with Gasteiger partial charge in [-0.25, -0.2) is 9.38 Å². The Hall–Kier alpha value is -3.84. The molecule has 3 aromatic carbocycles. The second kappa shape index (κ2) is 10.2. The van der Waals surface area contributed by atoms with Crippen molar-refractivity contribution >= 4 is 34.5 Å². The fourth-order valence-corrected chi connectivity index (χ4v) is 4.65. The smallest absolute Gasteiger partial charge is 0.239 e. The molecule has 35 heavy (non-hydrogen) atoms. The Morgan fingerprint density at radius 3 is 2.20 bits per heavy atom. The van der Waals surface area contributed by atoms with Crippen LogP contribution in [0.3, 0.4) is 0 Å². The summed E-state index contributed by atoms with van der Waals surface area (Å²) in [6.07, 6.45) is 0. The molecular weight excluding hydrogens is 441 g/mol. The van der Waals surface area contributed by atoms with Crippen LogP contribution in [-0.4, -0.2) is 55.1 Å². The van der Waals surface area contributed by atoms with Gasteiger partial charge in [0.15, 0.2) is 0 Å². The van der Waals surface area contributed by atoms with Crippen molar-refractivity contribution in [1.29, 1.82) is 0 Å². The summed E-state index contributed by atoms with van der Waals surface area (Å²) in [5.74, 6) is 0.0366. The van der Waals surface area contributed by atoms with E-state index in [0.29, 0.717) is 5.84 Å². The number of nitrogens with one attached hydrogen (secondary N) is 1. The summed E-state index contributed by atoms with van der Waals surface area (Å²) in [6, 6.07) is 24.3. The van der Waals surface area contributed by atoms with Crippen LogP contribution < -0.4 is 10.2 Å². The average molecular weight is 470 g/mol. The summed E-state index contributed by atoms with van der Waals surface area (Å²) in [5.41, 5.74) is 4.46. The van der Waals surface area contributed by atoms with Gasteiger partial charge in [-0.2, -0.15) is 0 Å². The zero-order valence-electron chi connectivity index (χ0n) is 19.7. The van der Waals surface area contributed by atoms with Crippen LogP contribution >= 0.6 is 0 Å². The number of nitrogens with zero attached hydrogens (tertiary/aromatic N) is 4. The molecule has 1 N–H and O–H groups in total. The summed E-state index contributed by atoms with van der Waals surface area (Å²) >= 11 is 0. The van der Waals surface area contributed by atoms with Gasteiger partial charge >= 0.3 is 0 Å². The van der Waals surface area contributed by atoms with Crippen LogP contribution in [-0.2, 0) is 4.79 Å². The molecule has 7 heteroatoms. The van der Waals surface area contributed by atoms with Gasteiger partial charge in [0.25, 0.3) is 0 Å². The topological polar surface area (TPSA) is 60.3 Å². The molecule has 0 radical (unpaired) electrons. The predicted molar refractivity (Wildman–Crippen MR) is 139 cm³/mol. The van der Waals surface area contributed by atoms with Crippen molar-refractivity contribution in [2.75, 3.05) is 37.6 Å². The first kappa shape index (κ1) is 22.9. The number of rotatable bonds is 4. The molecule has 3 aromatic rings. The lowest BCUT2D eigenvalue weighted by molar-refractivity contribution is -0.120. The third kappa shape index (κ3) is 5.30. The summed E-state index contributed by atoms with van der Waals surface area (Å²) < 4.78 is 13.2. The van der Waals surface area contributed by atoms with E-state index in [1.807, 2.05) is 61.5 Å². The minimum atomic E-state index is -0.234. The lowest BCUT2D eigenvalue weighted by Crippen LogP contribution is -2.50. The first-order valence-corrected chi connectivity index (χ1v) is 11.9. The first-order chi connectivity index (χ1) is 17.1. The lowest BCUT2D eigenvalue weighted by atomic mass is 9.93. The number of halogens is 1. The average Bonchev–Trinajstić information content (AvgIpc) is 3.00. The second-order valence-corrected chi connectivity index (χ2v) is 8.87. The Labute approximate surface area is 204 Å². The molecule has 0 saturated carbocycles. The molecule has 5 rings (SSSR count). The fourth-order valence-electron chi connectivity index (χ4n) is 4.65. The molecule has 1 atom stereocenters. The van der Waals surface area contributed by atoms with Crippen molar-refractivity contribution in [2.45, 2.75) is 12.8 Å². The van der Waals surface area contributed by atoms with Gasteiger partial charge in [-0.1, -0.05) is 42.5 Å². The predicted octanol–water partition coefficient (Wildman–Crippen LogP) is 4.68. The Balaban J connectivity index is 1.29. The van der Waals surface area contributed by atoms with Crippen LogP contribution in [0, 0.1) is 5.82 Å². The summed E-state index contributed by atoms with van der Waals surface area (Å²) in [4.78, 5) is 27.2. The summed E-state index contributed by atoms with van der Waals surface area (Å²) in [7, 11) is 0. The lowest BCUT2D eigenvalue weighted by Gasteiger charge is -2.35. The van der Waals surface area contributed by atoms with Gasteiger partial charge in [-0.15, -0.1) is 0 Å². The highest BCUT2D eigenvalue weighted by atomic mass is 19.1. The number of hydrogen-bond acceptors (Lipinski definition) is 5. The molecule has 1 saturated heterocycles. The number of amides is 1. The van der Waals surface area contributed by atoms with Crippen LogP contribution in [0.2, 0.25) is 0 Å². The fraction of sp³-hybridized carbons (Fsp3) is 0.250. The zero-order valence-corrected chi connectivity index (χ0v) is 19.7. The zero-order chi connectivity index (χ0) is 24.2. The van der Waals surface area contributed by atoms with E-state index < -0.39 is 0 Å².